The molecule has 1 aromatic heterocycles. The molecule has 0 bridgehead atoms. The molecule has 0 spiro atoms. The number of aliphatic hydroxyl groups excluding tert-OH is 1. The van der Waals surface area contributed by atoms with Crippen LogP contribution < -0.4 is 0 Å². The van der Waals surface area contributed by atoms with Crippen molar-refractivity contribution in [2.75, 3.05) is 19.7 Å². The van der Waals surface area contributed by atoms with Gasteiger partial charge in [0.15, 0.2) is 4.47 Å². The normalized spacial score (nSPS) is 23.1. The Morgan fingerprint density at radius 3 is 3.14 bits per heavy atom. The average molecular weight is 233 g/mol. The highest BCUT2D eigenvalue weighted by molar-refractivity contribution is 7.13. The van der Waals surface area contributed by atoms with Crippen molar-refractivity contribution in [2.45, 2.75) is 13.0 Å². The van der Waals surface area contributed by atoms with Crippen LogP contribution in [0, 0.1) is 5.92 Å². The highest BCUT2D eigenvalue weighted by Gasteiger charge is 2.21. The molecule has 1 aromatic rings. The molecule has 1 aliphatic heterocycles. The average Bonchev–Trinajstić information content (AvgIpc) is 2.76. The molecule has 1 fully saturated rings. The number of hydrogen-bond acceptors (Lipinski definition) is 4. The van der Waals surface area contributed by atoms with Crippen molar-refractivity contribution in [1.29, 1.82) is 0 Å². The van der Waals surface area contributed by atoms with Gasteiger partial charge in [-0.1, -0.05) is 11.6 Å². The lowest BCUT2D eigenvalue weighted by Gasteiger charge is -2.13. The SMILES string of the molecule is OCC1CCN(Cc2csc(Cl)n2)C1. The first-order chi connectivity index (χ1) is 6.78. The van der Waals surface area contributed by atoms with Gasteiger partial charge in [-0.2, -0.15) is 0 Å². The zero-order chi connectivity index (χ0) is 9.97. The Balaban J connectivity index is 1.87. The minimum atomic E-state index is 0.300. The summed E-state index contributed by atoms with van der Waals surface area (Å²) in [5, 5.41) is 11.0. The van der Waals surface area contributed by atoms with E-state index in [0.29, 0.717) is 17.0 Å². The minimum Gasteiger partial charge on any atom is -0.396 e. The summed E-state index contributed by atoms with van der Waals surface area (Å²) in [6, 6.07) is 0. The van der Waals surface area contributed by atoms with Crippen LogP contribution in [0.1, 0.15) is 12.1 Å². The van der Waals surface area contributed by atoms with Crippen molar-refractivity contribution in [3.05, 3.63) is 15.5 Å². The summed E-state index contributed by atoms with van der Waals surface area (Å²) in [5.74, 6) is 0.448. The lowest BCUT2D eigenvalue weighted by atomic mass is 10.1. The highest BCUT2D eigenvalue weighted by atomic mass is 35.5. The molecule has 2 heterocycles. The highest BCUT2D eigenvalue weighted by Crippen LogP contribution is 2.20. The summed E-state index contributed by atoms with van der Waals surface area (Å²) >= 11 is 7.22. The molecule has 1 unspecified atom stereocenters. The second kappa shape index (κ2) is 4.57. The van der Waals surface area contributed by atoms with Gasteiger partial charge < -0.3 is 5.11 Å². The Morgan fingerprint density at radius 2 is 2.57 bits per heavy atom. The van der Waals surface area contributed by atoms with Crippen LogP contribution in [0.2, 0.25) is 4.47 Å². The van der Waals surface area contributed by atoms with E-state index in [4.69, 9.17) is 16.7 Å². The number of aliphatic hydroxyl groups is 1. The van der Waals surface area contributed by atoms with Crippen LogP contribution in [0.15, 0.2) is 5.38 Å². The topological polar surface area (TPSA) is 36.4 Å². The summed E-state index contributed by atoms with van der Waals surface area (Å²) in [6.07, 6.45) is 1.09. The molecule has 0 aliphatic carbocycles. The molecule has 1 atom stereocenters. The van der Waals surface area contributed by atoms with Crippen LogP contribution in [-0.4, -0.2) is 34.7 Å². The van der Waals surface area contributed by atoms with E-state index in [0.717, 1.165) is 31.7 Å². The largest absolute Gasteiger partial charge is 0.396 e. The minimum absolute atomic E-state index is 0.300. The fourth-order valence-corrected chi connectivity index (χ4v) is 2.56. The Labute approximate surface area is 92.3 Å². The van der Waals surface area contributed by atoms with Gasteiger partial charge in [-0.05, 0) is 18.9 Å². The van der Waals surface area contributed by atoms with E-state index in [9.17, 15) is 0 Å². The van der Waals surface area contributed by atoms with Crippen molar-refractivity contribution in [3.63, 3.8) is 0 Å². The standard InChI is InChI=1S/C9H13ClN2OS/c10-9-11-8(6-14-9)4-12-2-1-7(3-12)5-13/h6-7,13H,1-5H2. The fourth-order valence-electron chi connectivity index (χ4n) is 1.79. The van der Waals surface area contributed by atoms with Crippen molar-refractivity contribution in [3.8, 4) is 0 Å². The first-order valence-electron chi connectivity index (χ1n) is 4.71. The van der Waals surface area contributed by atoms with Crippen molar-refractivity contribution in [2.24, 2.45) is 5.92 Å². The molecule has 1 aliphatic rings. The second-order valence-electron chi connectivity index (χ2n) is 3.66. The molecular weight excluding hydrogens is 220 g/mol. The third kappa shape index (κ3) is 2.45. The molecule has 1 saturated heterocycles. The van der Waals surface area contributed by atoms with Gasteiger partial charge in [-0.3, -0.25) is 4.90 Å². The Hall–Kier alpha value is -0.160. The van der Waals surface area contributed by atoms with Crippen molar-refractivity contribution in [1.82, 2.24) is 9.88 Å². The molecule has 0 radical (unpaired) electrons. The van der Waals surface area contributed by atoms with Crippen LogP contribution in [-0.2, 0) is 6.54 Å². The molecule has 14 heavy (non-hydrogen) atoms. The van der Waals surface area contributed by atoms with Crippen LogP contribution in [0.3, 0.4) is 0 Å². The summed E-state index contributed by atoms with van der Waals surface area (Å²) in [6.45, 7) is 3.19. The van der Waals surface area contributed by atoms with Gasteiger partial charge in [0, 0.05) is 25.1 Å². The monoisotopic (exact) mass is 232 g/mol. The molecule has 0 amide bonds. The van der Waals surface area contributed by atoms with Crippen molar-refractivity contribution >= 4 is 22.9 Å². The zero-order valence-electron chi connectivity index (χ0n) is 7.82. The molecule has 78 valence electrons. The first kappa shape index (κ1) is 10.4. The van der Waals surface area contributed by atoms with Crippen LogP contribution >= 0.6 is 22.9 Å². The van der Waals surface area contributed by atoms with E-state index in [2.05, 4.69) is 9.88 Å². The van der Waals surface area contributed by atoms with Crippen LogP contribution in [0.25, 0.3) is 0 Å². The van der Waals surface area contributed by atoms with E-state index in [1.165, 1.54) is 11.3 Å². The smallest absolute Gasteiger partial charge is 0.183 e. The second-order valence-corrected chi connectivity index (χ2v) is 5.10. The van der Waals surface area contributed by atoms with E-state index < -0.39 is 0 Å². The van der Waals surface area contributed by atoms with Gasteiger partial charge in [0.05, 0.1) is 5.69 Å². The van der Waals surface area contributed by atoms with Crippen molar-refractivity contribution < 1.29 is 5.11 Å². The Morgan fingerprint density at radius 1 is 1.71 bits per heavy atom. The third-order valence-corrected chi connectivity index (χ3v) is 3.56. The quantitative estimate of drug-likeness (QED) is 0.860. The maximum absolute atomic E-state index is 8.99. The number of thiazole rings is 1. The molecule has 0 aromatic carbocycles. The number of hydrogen-bond donors (Lipinski definition) is 1. The van der Waals surface area contributed by atoms with E-state index >= 15 is 0 Å². The molecular formula is C9H13ClN2OS. The molecule has 0 saturated carbocycles. The molecule has 1 N–H and O–H groups in total. The summed E-state index contributed by atoms with van der Waals surface area (Å²) < 4.78 is 0.609. The predicted octanol–water partition coefficient (Wildman–Crippen LogP) is 1.61. The van der Waals surface area contributed by atoms with Gasteiger partial charge in [-0.15, -0.1) is 11.3 Å². The van der Waals surface area contributed by atoms with Crippen LogP contribution in [0.4, 0.5) is 0 Å². The van der Waals surface area contributed by atoms with Gasteiger partial charge in [0.2, 0.25) is 0 Å². The molecule has 2 rings (SSSR count). The third-order valence-electron chi connectivity index (χ3n) is 2.54. The number of aromatic nitrogens is 1. The zero-order valence-corrected chi connectivity index (χ0v) is 9.39. The number of nitrogens with zero attached hydrogens (tertiary/aromatic N) is 2. The summed E-state index contributed by atoms with van der Waals surface area (Å²) in [4.78, 5) is 6.52. The molecule has 5 heteroatoms. The summed E-state index contributed by atoms with van der Waals surface area (Å²) in [5.41, 5.74) is 1.04. The van der Waals surface area contributed by atoms with Crippen LogP contribution in [0.5, 0.6) is 0 Å². The van der Waals surface area contributed by atoms with E-state index in [1.54, 1.807) is 0 Å². The molecule has 3 nitrogen and oxygen atoms in total. The first-order valence-corrected chi connectivity index (χ1v) is 5.97. The van der Waals surface area contributed by atoms with E-state index in [-0.39, 0.29) is 0 Å². The van der Waals surface area contributed by atoms with Gasteiger partial charge in [0.1, 0.15) is 0 Å². The lowest BCUT2D eigenvalue weighted by molar-refractivity contribution is 0.219. The number of likely N-dealkylation sites (tertiary alicyclic amines) is 1. The Bertz CT molecular complexity index is 305. The summed E-state index contributed by atoms with van der Waals surface area (Å²) in [7, 11) is 0. The Kier molecular flexibility index (Phi) is 3.38. The van der Waals surface area contributed by atoms with Gasteiger partial charge in [0.25, 0.3) is 0 Å². The maximum Gasteiger partial charge on any atom is 0.183 e. The predicted molar refractivity (Wildman–Crippen MR) is 57.6 cm³/mol. The maximum atomic E-state index is 8.99. The fraction of sp³-hybridized carbons (Fsp3) is 0.667. The van der Waals surface area contributed by atoms with E-state index in [1.807, 2.05) is 5.38 Å². The lowest BCUT2D eigenvalue weighted by Crippen LogP contribution is -2.21. The number of rotatable bonds is 3. The number of halogens is 1. The van der Waals surface area contributed by atoms with Gasteiger partial charge in [-0.25, -0.2) is 4.98 Å². The van der Waals surface area contributed by atoms with Gasteiger partial charge >= 0.3 is 0 Å².